The molecule has 4 heteroatoms. The molecule has 1 amide bonds. The third-order valence-electron chi connectivity index (χ3n) is 6.38. The lowest BCUT2D eigenvalue weighted by molar-refractivity contribution is -0.181. The van der Waals surface area contributed by atoms with E-state index in [0.29, 0.717) is 0 Å². The molecule has 2 fully saturated rings. The average molecular weight is 379 g/mol. The number of nitrogens with zero attached hydrogens (tertiary/aromatic N) is 2. The summed E-state index contributed by atoms with van der Waals surface area (Å²) >= 11 is 0. The van der Waals surface area contributed by atoms with Gasteiger partial charge in [-0.2, -0.15) is 0 Å². The smallest absolute Gasteiger partial charge is 0.261 e. The van der Waals surface area contributed by atoms with E-state index in [1.807, 2.05) is 36.4 Å². The van der Waals surface area contributed by atoms with Crippen LogP contribution in [0.3, 0.4) is 0 Å². The molecule has 0 saturated carbocycles. The fourth-order valence-electron chi connectivity index (χ4n) is 5.09. The van der Waals surface area contributed by atoms with Gasteiger partial charge in [0.25, 0.3) is 5.91 Å². The zero-order chi connectivity index (χ0) is 19.6. The summed E-state index contributed by atoms with van der Waals surface area (Å²) in [5.74, 6) is 0.761. The first-order chi connectivity index (χ1) is 13.6. The standard InChI is InChI=1S/C24H30N2O2/c1-19-10-9-15-25(17-19)18-22-16-24(23(27)26(22)28-2,20-11-5-3-6-12-20)21-13-7-4-8-14-21/h3-8,11-14,19,22H,9-10,15-18H2,1-2H3. The summed E-state index contributed by atoms with van der Waals surface area (Å²) in [4.78, 5) is 21.9. The van der Waals surface area contributed by atoms with Gasteiger partial charge in [0.2, 0.25) is 0 Å². The Bertz CT molecular complexity index is 753. The minimum Gasteiger partial charge on any atom is -0.301 e. The average Bonchev–Trinajstić information content (AvgIpc) is 3.01. The number of piperidine rings is 1. The molecular formula is C24H30N2O2. The molecule has 2 aliphatic heterocycles. The molecule has 0 N–H and O–H groups in total. The summed E-state index contributed by atoms with van der Waals surface area (Å²) in [5, 5.41) is 1.64. The molecule has 2 aromatic rings. The number of carbonyl (C=O) groups excluding carboxylic acids is 1. The van der Waals surface area contributed by atoms with Crippen LogP contribution in [0, 0.1) is 5.92 Å². The third-order valence-corrected chi connectivity index (χ3v) is 6.38. The van der Waals surface area contributed by atoms with E-state index in [1.54, 1.807) is 12.2 Å². The minimum absolute atomic E-state index is 0.0439. The molecule has 28 heavy (non-hydrogen) atoms. The Hall–Kier alpha value is -2.17. The Kier molecular flexibility index (Phi) is 5.51. The molecule has 2 aliphatic rings. The van der Waals surface area contributed by atoms with Crippen molar-refractivity contribution in [2.24, 2.45) is 5.92 Å². The van der Waals surface area contributed by atoms with Gasteiger partial charge < -0.3 is 4.90 Å². The Morgan fingerprint density at radius 3 is 2.18 bits per heavy atom. The van der Waals surface area contributed by atoms with Crippen molar-refractivity contribution >= 4 is 5.91 Å². The Balaban J connectivity index is 1.71. The topological polar surface area (TPSA) is 32.8 Å². The van der Waals surface area contributed by atoms with Crippen LogP contribution in [0.25, 0.3) is 0 Å². The molecule has 0 radical (unpaired) electrons. The van der Waals surface area contributed by atoms with Gasteiger partial charge in [-0.3, -0.25) is 9.63 Å². The van der Waals surface area contributed by atoms with Crippen molar-refractivity contribution in [3.63, 3.8) is 0 Å². The van der Waals surface area contributed by atoms with Gasteiger partial charge in [0.15, 0.2) is 0 Å². The number of hydrogen-bond acceptors (Lipinski definition) is 3. The van der Waals surface area contributed by atoms with Crippen molar-refractivity contribution in [2.75, 3.05) is 26.7 Å². The summed E-state index contributed by atoms with van der Waals surface area (Å²) in [6.45, 7) is 5.39. The largest absolute Gasteiger partial charge is 0.301 e. The zero-order valence-electron chi connectivity index (χ0n) is 16.9. The second-order valence-corrected chi connectivity index (χ2v) is 8.32. The van der Waals surface area contributed by atoms with Crippen LogP contribution in [0.4, 0.5) is 0 Å². The molecule has 2 unspecified atom stereocenters. The molecule has 2 atom stereocenters. The number of likely N-dealkylation sites (tertiary alicyclic amines) is 1. The van der Waals surface area contributed by atoms with E-state index in [-0.39, 0.29) is 11.9 Å². The van der Waals surface area contributed by atoms with Gasteiger partial charge in [0.05, 0.1) is 13.2 Å². The first-order valence-corrected chi connectivity index (χ1v) is 10.4. The van der Waals surface area contributed by atoms with E-state index in [2.05, 4.69) is 36.1 Å². The van der Waals surface area contributed by atoms with Gasteiger partial charge in [-0.1, -0.05) is 67.6 Å². The number of carbonyl (C=O) groups is 1. The van der Waals surface area contributed by atoms with Crippen LogP contribution < -0.4 is 0 Å². The molecule has 0 aliphatic carbocycles. The molecule has 0 bridgehead atoms. The van der Waals surface area contributed by atoms with Gasteiger partial charge in [-0.05, 0) is 42.9 Å². The second kappa shape index (κ2) is 8.06. The quantitative estimate of drug-likeness (QED) is 0.792. The van der Waals surface area contributed by atoms with E-state index in [9.17, 15) is 4.79 Å². The van der Waals surface area contributed by atoms with E-state index >= 15 is 0 Å². The van der Waals surface area contributed by atoms with Gasteiger partial charge in [-0.25, -0.2) is 5.06 Å². The van der Waals surface area contributed by atoms with E-state index in [0.717, 1.165) is 43.1 Å². The predicted octanol–water partition coefficient (Wildman–Crippen LogP) is 3.87. The number of hydroxylamine groups is 2. The maximum atomic E-state index is 13.8. The Morgan fingerprint density at radius 2 is 1.64 bits per heavy atom. The van der Waals surface area contributed by atoms with Crippen molar-refractivity contribution in [3.8, 4) is 0 Å². The highest BCUT2D eigenvalue weighted by molar-refractivity contribution is 5.94. The van der Waals surface area contributed by atoms with Gasteiger partial charge >= 0.3 is 0 Å². The van der Waals surface area contributed by atoms with Crippen LogP contribution in [0.2, 0.25) is 0 Å². The van der Waals surface area contributed by atoms with Crippen molar-refractivity contribution in [1.82, 2.24) is 9.96 Å². The van der Waals surface area contributed by atoms with Gasteiger partial charge in [0.1, 0.15) is 5.41 Å². The molecule has 2 heterocycles. The zero-order valence-corrected chi connectivity index (χ0v) is 16.9. The number of benzene rings is 2. The summed E-state index contributed by atoms with van der Waals surface area (Å²) in [5.41, 5.74) is 1.40. The van der Waals surface area contributed by atoms with Gasteiger partial charge in [-0.15, -0.1) is 0 Å². The molecule has 0 spiro atoms. The molecule has 0 aromatic heterocycles. The maximum Gasteiger partial charge on any atom is 0.261 e. The summed E-state index contributed by atoms with van der Waals surface area (Å²) in [7, 11) is 1.62. The summed E-state index contributed by atoms with van der Waals surface area (Å²) in [6, 6.07) is 20.4. The van der Waals surface area contributed by atoms with Gasteiger partial charge in [0, 0.05) is 13.1 Å². The van der Waals surface area contributed by atoms with Crippen molar-refractivity contribution in [2.45, 2.75) is 37.6 Å². The monoisotopic (exact) mass is 378 g/mol. The Morgan fingerprint density at radius 1 is 1.04 bits per heavy atom. The summed E-state index contributed by atoms with van der Waals surface area (Å²) < 4.78 is 0. The lowest BCUT2D eigenvalue weighted by atomic mass is 9.72. The predicted molar refractivity (Wildman–Crippen MR) is 111 cm³/mol. The van der Waals surface area contributed by atoms with Crippen LogP contribution in [0.15, 0.2) is 60.7 Å². The minimum atomic E-state index is -0.690. The SMILES string of the molecule is CON1C(=O)C(c2ccccc2)(c2ccccc2)CC1CN1CCCC(C)C1. The van der Waals surface area contributed by atoms with Crippen LogP contribution in [0.5, 0.6) is 0 Å². The lowest BCUT2D eigenvalue weighted by Crippen LogP contribution is -2.45. The number of amides is 1. The van der Waals surface area contributed by atoms with E-state index in [1.165, 1.54) is 12.8 Å². The number of hydrogen-bond donors (Lipinski definition) is 0. The van der Waals surface area contributed by atoms with Crippen molar-refractivity contribution < 1.29 is 9.63 Å². The van der Waals surface area contributed by atoms with Crippen LogP contribution in [-0.4, -0.2) is 48.7 Å². The molecule has 2 saturated heterocycles. The molecule has 148 valence electrons. The lowest BCUT2D eigenvalue weighted by Gasteiger charge is -2.34. The highest BCUT2D eigenvalue weighted by atomic mass is 16.7. The second-order valence-electron chi connectivity index (χ2n) is 8.32. The van der Waals surface area contributed by atoms with Crippen molar-refractivity contribution in [3.05, 3.63) is 71.8 Å². The van der Waals surface area contributed by atoms with Crippen LogP contribution in [0.1, 0.15) is 37.3 Å². The van der Waals surface area contributed by atoms with E-state index in [4.69, 9.17) is 4.84 Å². The first kappa shape index (κ1) is 19.2. The Labute approximate surface area is 168 Å². The van der Waals surface area contributed by atoms with Crippen LogP contribution in [-0.2, 0) is 15.0 Å². The molecular weight excluding hydrogens is 348 g/mol. The molecule has 2 aromatic carbocycles. The summed E-state index contributed by atoms with van der Waals surface area (Å²) in [6.07, 6.45) is 3.27. The highest BCUT2D eigenvalue weighted by Crippen LogP contribution is 2.45. The first-order valence-electron chi connectivity index (χ1n) is 10.4. The normalized spacial score (nSPS) is 25.2. The highest BCUT2D eigenvalue weighted by Gasteiger charge is 2.54. The number of rotatable bonds is 5. The van der Waals surface area contributed by atoms with Crippen LogP contribution >= 0.6 is 0 Å². The molecule has 4 rings (SSSR count). The third kappa shape index (κ3) is 3.36. The fraction of sp³-hybridized carbons (Fsp3) is 0.458. The van der Waals surface area contributed by atoms with E-state index < -0.39 is 5.41 Å². The fourth-order valence-corrected chi connectivity index (χ4v) is 5.09. The maximum absolute atomic E-state index is 13.8. The molecule has 4 nitrogen and oxygen atoms in total. The van der Waals surface area contributed by atoms with Crippen molar-refractivity contribution in [1.29, 1.82) is 0 Å².